The Bertz CT molecular complexity index is 715. The van der Waals surface area contributed by atoms with Gasteiger partial charge in [0.25, 0.3) is 0 Å². The minimum Gasteiger partial charge on any atom is -0.324 e. The van der Waals surface area contributed by atoms with Gasteiger partial charge in [-0.3, -0.25) is 19.3 Å². The number of carbonyl (C=O) groups is 3. The fourth-order valence-electron chi connectivity index (χ4n) is 4.03. The molecule has 3 aliphatic rings. The van der Waals surface area contributed by atoms with Crippen molar-refractivity contribution in [2.24, 2.45) is 23.7 Å². The monoisotopic (exact) mass is 422 g/mol. The van der Waals surface area contributed by atoms with Crippen LogP contribution in [0, 0.1) is 27.2 Å². The van der Waals surface area contributed by atoms with Gasteiger partial charge in [-0.15, -0.1) is 0 Å². The number of rotatable bonds is 3. The highest BCUT2D eigenvalue weighted by Gasteiger charge is 2.59. The van der Waals surface area contributed by atoms with Gasteiger partial charge in [0.05, 0.1) is 11.8 Å². The van der Waals surface area contributed by atoms with Gasteiger partial charge in [-0.05, 0) is 59.0 Å². The molecule has 1 N–H and O–H groups in total. The molecule has 2 fully saturated rings. The molecule has 118 valence electrons. The SMILES string of the molecule is O=C(CN1C(=O)C2C3C=CC(C3)C2C1=O)Nc1cccc(I)c1. The van der Waals surface area contributed by atoms with Crippen LogP contribution in [0.3, 0.4) is 0 Å². The van der Waals surface area contributed by atoms with E-state index in [0.717, 1.165) is 14.9 Å². The van der Waals surface area contributed by atoms with Crippen LogP contribution in [0.2, 0.25) is 0 Å². The molecule has 4 atom stereocenters. The summed E-state index contributed by atoms with van der Waals surface area (Å²) in [6.07, 6.45) is 4.99. The lowest BCUT2D eigenvalue weighted by Crippen LogP contribution is -2.39. The number of hydrogen-bond donors (Lipinski definition) is 1. The number of anilines is 1. The summed E-state index contributed by atoms with van der Waals surface area (Å²) in [5.41, 5.74) is 0.669. The normalized spacial score (nSPS) is 30.9. The average Bonchev–Trinajstić information content (AvgIpc) is 3.17. The zero-order valence-electron chi connectivity index (χ0n) is 12.2. The van der Waals surface area contributed by atoms with Crippen LogP contribution < -0.4 is 5.32 Å². The summed E-state index contributed by atoms with van der Waals surface area (Å²) in [4.78, 5) is 38.4. The van der Waals surface area contributed by atoms with Crippen molar-refractivity contribution in [1.82, 2.24) is 4.90 Å². The van der Waals surface area contributed by atoms with E-state index in [2.05, 4.69) is 27.9 Å². The molecule has 2 aliphatic carbocycles. The van der Waals surface area contributed by atoms with E-state index in [1.165, 1.54) is 0 Å². The number of nitrogens with one attached hydrogen (secondary N) is 1. The van der Waals surface area contributed by atoms with Gasteiger partial charge in [0, 0.05) is 9.26 Å². The van der Waals surface area contributed by atoms with Gasteiger partial charge in [-0.1, -0.05) is 18.2 Å². The summed E-state index contributed by atoms with van der Waals surface area (Å²) >= 11 is 2.16. The summed E-state index contributed by atoms with van der Waals surface area (Å²) < 4.78 is 1.01. The van der Waals surface area contributed by atoms with Crippen LogP contribution in [-0.2, 0) is 14.4 Å². The summed E-state index contributed by atoms with van der Waals surface area (Å²) in [6.45, 7) is -0.199. The molecule has 1 saturated carbocycles. The van der Waals surface area contributed by atoms with Gasteiger partial charge in [0.15, 0.2) is 0 Å². The minimum atomic E-state index is -0.339. The Morgan fingerprint density at radius 2 is 1.83 bits per heavy atom. The minimum absolute atomic E-state index is 0.171. The topological polar surface area (TPSA) is 66.5 Å². The molecule has 4 unspecified atom stereocenters. The third-order valence-corrected chi connectivity index (χ3v) is 5.64. The lowest BCUT2D eigenvalue weighted by atomic mass is 9.85. The number of allylic oxidation sites excluding steroid dienone is 2. The zero-order valence-corrected chi connectivity index (χ0v) is 14.4. The second-order valence-electron chi connectivity index (χ2n) is 6.32. The number of halogens is 1. The molecule has 5 nitrogen and oxygen atoms in total. The van der Waals surface area contributed by atoms with Crippen LogP contribution in [0.5, 0.6) is 0 Å². The Labute approximate surface area is 147 Å². The predicted molar refractivity (Wildman–Crippen MR) is 92.2 cm³/mol. The summed E-state index contributed by atoms with van der Waals surface area (Å²) in [7, 11) is 0. The van der Waals surface area contributed by atoms with E-state index >= 15 is 0 Å². The second kappa shape index (κ2) is 5.43. The fraction of sp³-hybridized carbons (Fsp3) is 0.353. The molecule has 6 heteroatoms. The van der Waals surface area contributed by atoms with Gasteiger partial charge < -0.3 is 5.32 Å². The van der Waals surface area contributed by atoms with Gasteiger partial charge in [0.1, 0.15) is 6.54 Å². The number of likely N-dealkylation sites (tertiary alicyclic amines) is 1. The maximum atomic E-state index is 12.5. The van der Waals surface area contributed by atoms with Crippen LogP contribution >= 0.6 is 22.6 Å². The highest BCUT2D eigenvalue weighted by atomic mass is 127. The predicted octanol–water partition coefficient (Wildman–Crippen LogP) is 2.04. The number of hydrogen-bond acceptors (Lipinski definition) is 3. The van der Waals surface area contributed by atoms with E-state index in [4.69, 9.17) is 0 Å². The highest BCUT2D eigenvalue weighted by Crippen LogP contribution is 2.52. The smallest absolute Gasteiger partial charge is 0.244 e. The number of carbonyl (C=O) groups excluding carboxylic acids is 3. The Kier molecular flexibility index (Phi) is 3.51. The van der Waals surface area contributed by atoms with Crippen molar-refractivity contribution >= 4 is 46.0 Å². The first-order valence-electron chi connectivity index (χ1n) is 7.63. The third-order valence-electron chi connectivity index (χ3n) is 4.97. The Balaban J connectivity index is 1.46. The molecule has 1 saturated heterocycles. The van der Waals surface area contributed by atoms with E-state index in [9.17, 15) is 14.4 Å². The van der Waals surface area contributed by atoms with Crippen LogP contribution in [0.25, 0.3) is 0 Å². The first-order chi connectivity index (χ1) is 11.0. The fourth-order valence-corrected chi connectivity index (χ4v) is 4.57. The van der Waals surface area contributed by atoms with Crippen molar-refractivity contribution < 1.29 is 14.4 Å². The number of fused-ring (bicyclic) bond motifs is 5. The Morgan fingerprint density at radius 3 is 2.43 bits per heavy atom. The molecule has 1 heterocycles. The van der Waals surface area contributed by atoms with Gasteiger partial charge >= 0.3 is 0 Å². The maximum absolute atomic E-state index is 12.5. The van der Waals surface area contributed by atoms with Crippen molar-refractivity contribution in [2.75, 3.05) is 11.9 Å². The molecular weight excluding hydrogens is 407 g/mol. The molecule has 0 radical (unpaired) electrons. The second-order valence-corrected chi connectivity index (χ2v) is 7.57. The molecule has 0 spiro atoms. The summed E-state index contributed by atoms with van der Waals surface area (Å²) in [6, 6.07) is 7.39. The molecule has 4 rings (SSSR count). The largest absolute Gasteiger partial charge is 0.324 e. The summed E-state index contributed by atoms with van der Waals surface area (Å²) in [5, 5.41) is 2.75. The first kappa shape index (κ1) is 14.9. The van der Waals surface area contributed by atoms with Crippen LogP contribution in [-0.4, -0.2) is 29.2 Å². The third kappa shape index (κ3) is 2.39. The number of nitrogens with zero attached hydrogens (tertiary/aromatic N) is 1. The molecule has 2 bridgehead atoms. The Morgan fingerprint density at radius 1 is 1.17 bits per heavy atom. The average molecular weight is 422 g/mol. The molecule has 1 aliphatic heterocycles. The summed E-state index contributed by atoms with van der Waals surface area (Å²) in [5.74, 6) is -0.861. The van der Waals surface area contributed by atoms with E-state index in [-0.39, 0.29) is 47.9 Å². The molecule has 3 amide bonds. The number of benzene rings is 1. The Hall–Kier alpha value is -1.70. The zero-order chi connectivity index (χ0) is 16.1. The molecule has 0 aromatic heterocycles. The van der Waals surface area contributed by atoms with Crippen molar-refractivity contribution in [2.45, 2.75) is 6.42 Å². The number of imide groups is 1. The van der Waals surface area contributed by atoms with Crippen LogP contribution in [0.4, 0.5) is 5.69 Å². The van der Waals surface area contributed by atoms with Crippen molar-refractivity contribution in [3.05, 3.63) is 40.0 Å². The van der Waals surface area contributed by atoms with E-state index in [1.54, 1.807) is 6.07 Å². The van der Waals surface area contributed by atoms with Crippen LogP contribution in [0.15, 0.2) is 36.4 Å². The van der Waals surface area contributed by atoms with E-state index < -0.39 is 0 Å². The van der Waals surface area contributed by atoms with Gasteiger partial charge in [-0.25, -0.2) is 0 Å². The van der Waals surface area contributed by atoms with Crippen molar-refractivity contribution in [3.8, 4) is 0 Å². The molecule has 1 aromatic carbocycles. The number of amides is 3. The molecular formula is C17H15IN2O3. The lowest BCUT2D eigenvalue weighted by Gasteiger charge is -2.16. The molecule has 1 aromatic rings. The van der Waals surface area contributed by atoms with Crippen molar-refractivity contribution in [3.63, 3.8) is 0 Å². The quantitative estimate of drug-likeness (QED) is 0.461. The standard InChI is InChI=1S/C17H15IN2O3/c18-11-2-1-3-12(7-11)19-13(21)8-20-16(22)14-9-4-5-10(6-9)15(14)17(20)23/h1-5,7,9-10,14-15H,6,8H2,(H,19,21). The van der Waals surface area contributed by atoms with E-state index in [1.807, 2.05) is 30.4 Å². The maximum Gasteiger partial charge on any atom is 0.244 e. The highest BCUT2D eigenvalue weighted by molar-refractivity contribution is 14.1. The molecule has 23 heavy (non-hydrogen) atoms. The van der Waals surface area contributed by atoms with Crippen molar-refractivity contribution in [1.29, 1.82) is 0 Å². The van der Waals surface area contributed by atoms with E-state index in [0.29, 0.717) is 5.69 Å². The first-order valence-corrected chi connectivity index (χ1v) is 8.71. The van der Waals surface area contributed by atoms with Gasteiger partial charge in [0.2, 0.25) is 17.7 Å². The van der Waals surface area contributed by atoms with Gasteiger partial charge in [-0.2, -0.15) is 0 Å². The lowest BCUT2D eigenvalue weighted by molar-refractivity contribution is -0.143. The van der Waals surface area contributed by atoms with Crippen LogP contribution in [0.1, 0.15) is 6.42 Å².